The molecule has 18 heavy (non-hydrogen) atoms. The number of nitrogens with zero attached hydrogens (tertiary/aromatic N) is 2. The second-order valence-corrected chi connectivity index (χ2v) is 5.16. The summed E-state index contributed by atoms with van der Waals surface area (Å²) in [7, 11) is 0. The zero-order valence-electron chi connectivity index (χ0n) is 11.5. The Kier molecular flexibility index (Phi) is 4.79. The number of hydrogen-bond donors (Lipinski definition) is 2. The van der Waals surface area contributed by atoms with Gasteiger partial charge in [0.05, 0.1) is 0 Å². The molecule has 0 amide bonds. The van der Waals surface area contributed by atoms with E-state index in [1.54, 1.807) is 0 Å². The Morgan fingerprint density at radius 2 is 2.06 bits per heavy atom. The first-order valence-corrected chi connectivity index (χ1v) is 7.11. The Morgan fingerprint density at radius 3 is 2.72 bits per heavy atom. The third kappa shape index (κ3) is 3.86. The van der Waals surface area contributed by atoms with Gasteiger partial charge in [0.15, 0.2) is 0 Å². The molecule has 100 valence electrons. The standard InChI is InChI=1S/C14H24N4/c1-3-8-16-14-17-11(2)10-13(18-14)15-9-7-12-5-4-6-12/h10,12H,3-9H2,1-2H3,(H2,15,16,17,18). The molecule has 1 aliphatic carbocycles. The van der Waals surface area contributed by atoms with Gasteiger partial charge in [0.25, 0.3) is 0 Å². The summed E-state index contributed by atoms with van der Waals surface area (Å²) < 4.78 is 0. The van der Waals surface area contributed by atoms with Crippen molar-refractivity contribution in [1.82, 2.24) is 9.97 Å². The molecule has 1 aromatic heterocycles. The Bertz CT molecular complexity index is 374. The maximum absolute atomic E-state index is 4.48. The van der Waals surface area contributed by atoms with Gasteiger partial charge < -0.3 is 10.6 Å². The lowest BCUT2D eigenvalue weighted by Gasteiger charge is -2.25. The molecule has 2 N–H and O–H groups in total. The lowest BCUT2D eigenvalue weighted by molar-refractivity contribution is 0.303. The summed E-state index contributed by atoms with van der Waals surface area (Å²) in [6.07, 6.45) is 6.59. The van der Waals surface area contributed by atoms with E-state index < -0.39 is 0 Å². The molecular weight excluding hydrogens is 224 g/mol. The second-order valence-electron chi connectivity index (χ2n) is 5.16. The normalized spacial score (nSPS) is 15.2. The first-order valence-electron chi connectivity index (χ1n) is 7.11. The molecule has 0 saturated heterocycles. The molecule has 0 radical (unpaired) electrons. The highest BCUT2D eigenvalue weighted by atomic mass is 15.1. The SMILES string of the molecule is CCCNc1nc(C)cc(NCCC2CCC2)n1. The zero-order chi connectivity index (χ0) is 12.8. The monoisotopic (exact) mass is 248 g/mol. The fourth-order valence-corrected chi connectivity index (χ4v) is 2.16. The number of aryl methyl sites for hydroxylation is 1. The minimum absolute atomic E-state index is 0.739. The maximum Gasteiger partial charge on any atom is 0.224 e. The van der Waals surface area contributed by atoms with Crippen molar-refractivity contribution >= 4 is 11.8 Å². The number of aromatic nitrogens is 2. The van der Waals surface area contributed by atoms with Gasteiger partial charge in [-0.1, -0.05) is 26.2 Å². The van der Waals surface area contributed by atoms with Crippen molar-refractivity contribution in [3.63, 3.8) is 0 Å². The van der Waals surface area contributed by atoms with Gasteiger partial charge in [-0.3, -0.25) is 0 Å². The first kappa shape index (κ1) is 13.1. The van der Waals surface area contributed by atoms with Gasteiger partial charge in [-0.05, 0) is 25.7 Å². The lowest BCUT2D eigenvalue weighted by atomic mass is 9.83. The molecule has 1 fully saturated rings. The average Bonchev–Trinajstić information content (AvgIpc) is 2.29. The molecule has 1 aliphatic rings. The third-order valence-corrected chi connectivity index (χ3v) is 3.47. The highest BCUT2D eigenvalue weighted by Crippen LogP contribution is 2.29. The number of hydrogen-bond acceptors (Lipinski definition) is 4. The highest BCUT2D eigenvalue weighted by Gasteiger charge is 2.16. The second kappa shape index (κ2) is 6.57. The van der Waals surface area contributed by atoms with Crippen LogP contribution in [0.2, 0.25) is 0 Å². The molecule has 0 atom stereocenters. The van der Waals surface area contributed by atoms with Gasteiger partial charge in [-0.25, -0.2) is 4.98 Å². The molecule has 0 aliphatic heterocycles. The third-order valence-electron chi connectivity index (χ3n) is 3.47. The van der Waals surface area contributed by atoms with Crippen LogP contribution in [0.5, 0.6) is 0 Å². The predicted molar refractivity (Wildman–Crippen MR) is 76.0 cm³/mol. The number of nitrogens with one attached hydrogen (secondary N) is 2. The van der Waals surface area contributed by atoms with E-state index in [2.05, 4.69) is 27.5 Å². The van der Waals surface area contributed by atoms with Crippen molar-refractivity contribution in [3.8, 4) is 0 Å². The van der Waals surface area contributed by atoms with Crippen molar-refractivity contribution < 1.29 is 0 Å². The summed E-state index contributed by atoms with van der Waals surface area (Å²) in [5, 5.41) is 6.65. The quantitative estimate of drug-likeness (QED) is 0.778. The number of anilines is 2. The largest absolute Gasteiger partial charge is 0.370 e. The first-order chi connectivity index (χ1) is 8.78. The number of rotatable bonds is 7. The fraction of sp³-hybridized carbons (Fsp3) is 0.714. The van der Waals surface area contributed by atoms with Crippen LogP contribution in [0.25, 0.3) is 0 Å². The van der Waals surface area contributed by atoms with Crippen LogP contribution in [0.3, 0.4) is 0 Å². The minimum atomic E-state index is 0.739. The molecule has 4 nitrogen and oxygen atoms in total. The molecule has 4 heteroatoms. The van der Waals surface area contributed by atoms with Crippen molar-refractivity contribution in [2.45, 2.75) is 46.0 Å². The Hall–Kier alpha value is -1.32. The Labute approximate surface area is 110 Å². The molecule has 1 aromatic rings. The van der Waals surface area contributed by atoms with E-state index in [1.807, 2.05) is 13.0 Å². The minimum Gasteiger partial charge on any atom is -0.370 e. The van der Waals surface area contributed by atoms with Crippen LogP contribution in [-0.4, -0.2) is 23.1 Å². The van der Waals surface area contributed by atoms with Crippen LogP contribution >= 0.6 is 0 Å². The lowest BCUT2D eigenvalue weighted by Crippen LogP contribution is -2.16. The molecule has 1 heterocycles. The molecule has 2 rings (SSSR count). The Morgan fingerprint density at radius 1 is 1.22 bits per heavy atom. The van der Waals surface area contributed by atoms with Crippen molar-refractivity contribution in [2.75, 3.05) is 23.7 Å². The molecular formula is C14H24N4. The van der Waals surface area contributed by atoms with Gasteiger partial charge in [-0.2, -0.15) is 4.98 Å². The van der Waals surface area contributed by atoms with E-state index in [0.29, 0.717) is 0 Å². The summed E-state index contributed by atoms with van der Waals surface area (Å²) in [6.45, 7) is 6.09. The summed E-state index contributed by atoms with van der Waals surface area (Å²) in [5.74, 6) is 2.63. The van der Waals surface area contributed by atoms with E-state index in [-0.39, 0.29) is 0 Å². The van der Waals surface area contributed by atoms with E-state index in [0.717, 1.165) is 42.9 Å². The van der Waals surface area contributed by atoms with Gasteiger partial charge in [0.2, 0.25) is 5.95 Å². The van der Waals surface area contributed by atoms with Crippen molar-refractivity contribution in [3.05, 3.63) is 11.8 Å². The summed E-state index contributed by atoms with van der Waals surface area (Å²) in [5.41, 5.74) is 1.01. The zero-order valence-corrected chi connectivity index (χ0v) is 11.5. The van der Waals surface area contributed by atoms with Gasteiger partial charge >= 0.3 is 0 Å². The van der Waals surface area contributed by atoms with Gasteiger partial charge in [0.1, 0.15) is 5.82 Å². The summed E-state index contributed by atoms with van der Waals surface area (Å²) in [6, 6.07) is 2.01. The van der Waals surface area contributed by atoms with Gasteiger partial charge in [-0.15, -0.1) is 0 Å². The highest BCUT2D eigenvalue weighted by molar-refractivity contribution is 5.42. The van der Waals surface area contributed by atoms with Gasteiger partial charge in [0, 0.05) is 24.8 Å². The topological polar surface area (TPSA) is 49.8 Å². The molecule has 1 saturated carbocycles. The maximum atomic E-state index is 4.48. The fourth-order valence-electron chi connectivity index (χ4n) is 2.16. The van der Waals surface area contributed by atoms with Crippen LogP contribution in [0.1, 0.15) is 44.7 Å². The summed E-state index contributed by atoms with van der Waals surface area (Å²) in [4.78, 5) is 8.86. The molecule has 0 bridgehead atoms. The van der Waals surface area contributed by atoms with Crippen molar-refractivity contribution in [1.29, 1.82) is 0 Å². The van der Waals surface area contributed by atoms with Crippen LogP contribution in [0.15, 0.2) is 6.07 Å². The van der Waals surface area contributed by atoms with E-state index in [1.165, 1.54) is 25.7 Å². The molecule has 0 spiro atoms. The average molecular weight is 248 g/mol. The van der Waals surface area contributed by atoms with E-state index in [9.17, 15) is 0 Å². The molecule has 0 unspecified atom stereocenters. The Balaban J connectivity index is 1.83. The van der Waals surface area contributed by atoms with Crippen LogP contribution < -0.4 is 10.6 Å². The van der Waals surface area contributed by atoms with Crippen LogP contribution in [-0.2, 0) is 0 Å². The van der Waals surface area contributed by atoms with E-state index in [4.69, 9.17) is 0 Å². The summed E-state index contributed by atoms with van der Waals surface area (Å²) >= 11 is 0. The van der Waals surface area contributed by atoms with Crippen LogP contribution in [0, 0.1) is 12.8 Å². The van der Waals surface area contributed by atoms with E-state index >= 15 is 0 Å². The van der Waals surface area contributed by atoms with Crippen molar-refractivity contribution in [2.24, 2.45) is 5.92 Å². The molecule has 0 aromatic carbocycles. The smallest absolute Gasteiger partial charge is 0.224 e. The predicted octanol–water partition coefficient (Wildman–Crippen LogP) is 3.21. The van der Waals surface area contributed by atoms with Crippen LogP contribution in [0.4, 0.5) is 11.8 Å².